The first kappa shape index (κ1) is 17.7. The van der Waals surface area contributed by atoms with Crippen LogP contribution in [0.3, 0.4) is 0 Å². The van der Waals surface area contributed by atoms with Crippen molar-refractivity contribution in [2.24, 2.45) is 0 Å². The van der Waals surface area contributed by atoms with Crippen molar-refractivity contribution >= 4 is 5.97 Å². The monoisotopic (exact) mass is 318 g/mol. The van der Waals surface area contributed by atoms with Crippen molar-refractivity contribution < 1.29 is 19.0 Å². The maximum Gasteiger partial charge on any atom is 0.338 e. The van der Waals surface area contributed by atoms with Crippen LogP contribution in [0.1, 0.15) is 47.2 Å². The largest absolute Gasteiger partial charge is 0.465 e. The fourth-order valence-corrected chi connectivity index (χ4v) is 3.06. The number of ether oxygens (including phenoxy) is 3. The van der Waals surface area contributed by atoms with Gasteiger partial charge >= 0.3 is 5.97 Å². The third-order valence-corrected chi connectivity index (χ3v) is 4.25. The Kier molecular flexibility index (Phi) is 6.81. The molecule has 2 unspecified atom stereocenters. The van der Waals surface area contributed by atoms with Crippen molar-refractivity contribution in [3.63, 3.8) is 0 Å². The number of benzene rings is 1. The average Bonchev–Trinajstić information content (AvgIpc) is 2.58. The molecule has 4 heteroatoms. The summed E-state index contributed by atoms with van der Waals surface area (Å²) in [5.41, 5.74) is 2.41. The quantitative estimate of drug-likeness (QED) is 0.566. The minimum Gasteiger partial charge on any atom is -0.465 e. The lowest BCUT2D eigenvalue weighted by Crippen LogP contribution is -2.28. The molecule has 1 aromatic carbocycles. The molecule has 0 N–H and O–H groups in total. The molecule has 1 aliphatic carbocycles. The summed E-state index contributed by atoms with van der Waals surface area (Å²) in [6, 6.07) is 5.78. The Morgan fingerprint density at radius 2 is 2.04 bits per heavy atom. The molecule has 0 radical (unpaired) electrons. The lowest BCUT2D eigenvalue weighted by Gasteiger charge is -2.29. The molecule has 1 saturated carbocycles. The molecule has 0 heterocycles. The van der Waals surface area contributed by atoms with Crippen LogP contribution >= 0.6 is 0 Å². The number of methoxy groups -OCH3 is 1. The first-order valence-electron chi connectivity index (χ1n) is 8.16. The Labute approximate surface area is 138 Å². The Bertz CT molecular complexity index is 538. The molecule has 2 atom stereocenters. The predicted octanol–water partition coefficient (Wildman–Crippen LogP) is 3.81. The van der Waals surface area contributed by atoms with E-state index >= 15 is 0 Å². The predicted molar refractivity (Wildman–Crippen MR) is 89.5 cm³/mol. The molecule has 2 rings (SSSR count). The summed E-state index contributed by atoms with van der Waals surface area (Å²) < 4.78 is 16.7. The van der Waals surface area contributed by atoms with Crippen molar-refractivity contribution in [1.29, 1.82) is 0 Å². The molecule has 23 heavy (non-hydrogen) atoms. The number of hydrogen-bond acceptors (Lipinski definition) is 4. The normalized spacial score (nSPS) is 21.0. The summed E-state index contributed by atoms with van der Waals surface area (Å²) >= 11 is 0. The topological polar surface area (TPSA) is 44.8 Å². The van der Waals surface area contributed by atoms with Crippen LogP contribution in [0, 0.1) is 6.92 Å². The highest BCUT2D eigenvalue weighted by Gasteiger charge is 2.23. The highest BCUT2D eigenvalue weighted by molar-refractivity contribution is 5.92. The Morgan fingerprint density at radius 1 is 1.30 bits per heavy atom. The second kappa shape index (κ2) is 8.85. The number of aryl methyl sites for hydroxylation is 1. The van der Waals surface area contributed by atoms with Gasteiger partial charge in [0.05, 0.1) is 38.1 Å². The summed E-state index contributed by atoms with van der Waals surface area (Å²) in [6.45, 7) is 6.60. The van der Waals surface area contributed by atoms with E-state index in [1.165, 1.54) is 7.11 Å². The van der Waals surface area contributed by atoms with Crippen LogP contribution in [0.25, 0.3) is 0 Å². The van der Waals surface area contributed by atoms with Gasteiger partial charge in [0.15, 0.2) is 0 Å². The molecule has 1 aromatic rings. The molecular formula is C19H26O4. The Hall–Kier alpha value is -1.65. The minimum atomic E-state index is -0.308. The van der Waals surface area contributed by atoms with E-state index in [0.717, 1.165) is 36.8 Å². The van der Waals surface area contributed by atoms with Gasteiger partial charge in [0.1, 0.15) is 0 Å². The van der Waals surface area contributed by atoms with Gasteiger partial charge in [0.2, 0.25) is 0 Å². The lowest BCUT2D eigenvalue weighted by atomic mass is 9.94. The van der Waals surface area contributed by atoms with Gasteiger partial charge in [-0.2, -0.15) is 0 Å². The molecule has 0 saturated heterocycles. The first-order chi connectivity index (χ1) is 11.2. The zero-order chi connectivity index (χ0) is 16.7. The van der Waals surface area contributed by atoms with Gasteiger partial charge in [-0.25, -0.2) is 4.79 Å². The van der Waals surface area contributed by atoms with E-state index in [4.69, 9.17) is 14.2 Å². The summed E-state index contributed by atoms with van der Waals surface area (Å²) in [7, 11) is 1.40. The van der Waals surface area contributed by atoms with Gasteiger partial charge < -0.3 is 14.2 Å². The van der Waals surface area contributed by atoms with Crippen LogP contribution < -0.4 is 0 Å². The second-order valence-electron chi connectivity index (χ2n) is 5.94. The number of hydrogen-bond donors (Lipinski definition) is 0. The number of carbonyl (C=O) groups excluding carboxylic acids is 1. The SMILES string of the molecule is C=CCOC1CCCC(OCc2cccc(C)c2C(=O)OC)C1. The zero-order valence-electron chi connectivity index (χ0n) is 14.0. The van der Waals surface area contributed by atoms with E-state index in [0.29, 0.717) is 18.8 Å². The van der Waals surface area contributed by atoms with Crippen LogP contribution in [0.5, 0.6) is 0 Å². The van der Waals surface area contributed by atoms with Gasteiger partial charge in [-0.1, -0.05) is 24.3 Å². The first-order valence-corrected chi connectivity index (χ1v) is 8.16. The van der Waals surface area contributed by atoms with Crippen LogP contribution in [0.2, 0.25) is 0 Å². The molecule has 126 valence electrons. The second-order valence-corrected chi connectivity index (χ2v) is 5.94. The van der Waals surface area contributed by atoms with Crippen molar-refractivity contribution in [2.75, 3.05) is 13.7 Å². The summed E-state index contributed by atoms with van der Waals surface area (Å²) in [5.74, 6) is -0.308. The minimum absolute atomic E-state index is 0.171. The zero-order valence-corrected chi connectivity index (χ0v) is 14.0. The molecule has 4 nitrogen and oxygen atoms in total. The summed E-state index contributed by atoms with van der Waals surface area (Å²) in [5, 5.41) is 0. The average molecular weight is 318 g/mol. The van der Waals surface area contributed by atoms with Gasteiger partial charge in [-0.05, 0) is 43.7 Å². The van der Waals surface area contributed by atoms with E-state index in [9.17, 15) is 4.79 Å². The van der Waals surface area contributed by atoms with E-state index in [2.05, 4.69) is 6.58 Å². The van der Waals surface area contributed by atoms with E-state index in [1.807, 2.05) is 25.1 Å². The van der Waals surface area contributed by atoms with Gasteiger partial charge in [-0.15, -0.1) is 6.58 Å². The van der Waals surface area contributed by atoms with Crippen molar-refractivity contribution in [2.45, 2.75) is 51.4 Å². The summed E-state index contributed by atoms with van der Waals surface area (Å²) in [6.07, 6.45) is 6.30. The fourth-order valence-electron chi connectivity index (χ4n) is 3.06. The van der Waals surface area contributed by atoms with Crippen molar-refractivity contribution in [1.82, 2.24) is 0 Å². The van der Waals surface area contributed by atoms with Crippen LogP contribution in [-0.2, 0) is 20.8 Å². The molecule has 0 spiro atoms. The highest BCUT2D eigenvalue weighted by atomic mass is 16.5. The Morgan fingerprint density at radius 3 is 2.74 bits per heavy atom. The van der Waals surface area contributed by atoms with Gasteiger partial charge in [0, 0.05) is 0 Å². The van der Waals surface area contributed by atoms with Crippen LogP contribution in [-0.4, -0.2) is 31.9 Å². The smallest absolute Gasteiger partial charge is 0.338 e. The van der Waals surface area contributed by atoms with Crippen molar-refractivity contribution in [3.05, 3.63) is 47.5 Å². The fraction of sp³-hybridized carbons (Fsp3) is 0.526. The maximum atomic E-state index is 12.0. The third-order valence-electron chi connectivity index (χ3n) is 4.25. The lowest BCUT2D eigenvalue weighted by molar-refractivity contribution is -0.0441. The Balaban J connectivity index is 1.96. The molecule has 0 amide bonds. The number of carbonyl (C=O) groups is 1. The third kappa shape index (κ3) is 4.91. The van der Waals surface area contributed by atoms with E-state index < -0.39 is 0 Å². The standard InChI is InChI=1S/C19H26O4/c1-4-11-22-16-9-6-10-17(12-16)23-13-15-8-5-7-14(2)18(15)19(20)21-3/h4-5,7-8,16-17H,1,6,9-13H2,2-3H3. The van der Waals surface area contributed by atoms with Crippen molar-refractivity contribution in [3.8, 4) is 0 Å². The number of rotatable bonds is 7. The van der Waals surface area contributed by atoms with Gasteiger partial charge in [0.25, 0.3) is 0 Å². The van der Waals surface area contributed by atoms with Crippen LogP contribution in [0.4, 0.5) is 0 Å². The molecular weight excluding hydrogens is 292 g/mol. The molecule has 1 fully saturated rings. The van der Waals surface area contributed by atoms with Crippen LogP contribution in [0.15, 0.2) is 30.9 Å². The molecule has 1 aliphatic rings. The molecule has 0 aromatic heterocycles. The van der Waals surface area contributed by atoms with E-state index in [1.54, 1.807) is 6.08 Å². The van der Waals surface area contributed by atoms with E-state index in [-0.39, 0.29) is 18.2 Å². The summed E-state index contributed by atoms with van der Waals surface area (Å²) in [4.78, 5) is 12.0. The number of esters is 1. The molecule has 0 bridgehead atoms. The van der Waals surface area contributed by atoms with Gasteiger partial charge in [-0.3, -0.25) is 0 Å². The highest BCUT2D eigenvalue weighted by Crippen LogP contribution is 2.25. The molecule has 0 aliphatic heterocycles. The maximum absolute atomic E-state index is 12.0.